The predicted molar refractivity (Wildman–Crippen MR) is 69.4 cm³/mol. The van der Waals surface area contributed by atoms with Crippen molar-refractivity contribution in [2.24, 2.45) is 11.8 Å². The number of carbonyl (C=O) groups is 2. The molecule has 0 aromatic rings. The second-order valence-corrected chi connectivity index (χ2v) is 5.04. The molecule has 0 aromatic carbocycles. The Bertz CT molecular complexity index is 307. The third-order valence-corrected chi connectivity index (χ3v) is 3.63. The van der Waals surface area contributed by atoms with Crippen molar-refractivity contribution in [1.29, 1.82) is 0 Å². The number of amides is 2. The third kappa shape index (κ3) is 3.37. The summed E-state index contributed by atoms with van der Waals surface area (Å²) in [7, 11) is 0. The van der Waals surface area contributed by atoms with Gasteiger partial charge in [-0.2, -0.15) is 0 Å². The average Bonchev–Trinajstić information content (AvgIpc) is 2.72. The minimum atomic E-state index is -0.797. The van der Waals surface area contributed by atoms with Gasteiger partial charge < -0.3 is 14.9 Å². The minimum absolute atomic E-state index is 0.0125. The monoisotopic (exact) mass is 256 g/mol. The van der Waals surface area contributed by atoms with E-state index in [0.29, 0.717) is 19.6 Å². The molecule has 2 amide bonds. The Morgan fingerprint density at radius 2 is 2.00 bits per heavy atom. The maximum atomic E-state index is 12.3. The van der Waals surface area contributed by atoms with Crippen molar-refractivity contribution in [3.63, 3.8) is 0 Å². The van der Waals surface area contributed by atoms with Crippen molar-refractivity contribution >= 4 is 12.0 Å². The van der Waals surface area contributed by atoms with Crippen LogP contribution in [0.15, 0.2) is 0 Å². The molecule has 2 unspecified atom stereocenters. The molecular formula is C13H24N2O3. The molecule has 1 heterocycles. The highest BCUT2D eigenvalue weighted by molar-refractivity contribution is 5.77. The zero-order valence-corrected chi connectivity index (χ0v) is 11.6. The lowest BCUT2D eigenvalue weighted by atomic mass is 9.99. The molecule has 5 nitrogen and oxygen atoms in total. The highest BCUT2D eigenvalue weighted by Crippen LogP contribution is 2.24. The Labute approximate surface area is 109 Å². The molecule has 2 atom stereocenters. The van der Waals surface area contributed by atoms with Crippen molar-refractivity contribution in [3.05, 3.63) is 0 Å². The molecule has 0 saturated carbocycles. The van der Waals surface area contributed by atoms with Crippen molar-refractivity contribution in [2.75, 3.05) is 26.2 Å². The molecule has 1 aliphatic rings. The number of unbranched alkanes of at least 4 members (excludes halogenated alkanes) is 1. The number of carboxylic acid groups (broad SMARTS) is 1. The first kappa shape index (κ1) is 14.8. The Kier molecular flexibility index (Phi) is 5.44. The smallest absolute Gasteiger partial charge is 0.320 e. The van der Waals surface area contributed by atoms with Crippen LogP contribution in [-0.2, 0) is 4.79 Å². The summed E-state index contributed by atoms with van der Waals surface area (Å²) in [6.07, 6.45) is 2.04. The molecule has 0 bridgehead atoms. The zero-order valence-electron chi connectivity index (χ0n) is 11.6. The highest BCUT2D eigenvalue weighted by Gasteiger charge is 2.37. The number of hydrogen-bond acceptors (Lipinski definition) is 2. The molecular weight excluding hydrogens is 232 g/mol. The topological polar surface area (TPSA) is 60.9 Å². The van der Waals surface area contributed by atoms with Crippen LogP contribution in [0.25, 0.3) is 0 Å². The van der Waals surface area contributed by atoms with Gasteiger partial charge in [0, 0.05) is 26.2 Å². The number of aliphatic carboxylic acids is 1. The van der Waals surface area contributed by atoms with Gasteiger partial charge in [-0.05, 0) is 19.3 Å². The summed E-state index contributed by atoms with van der Waals surface area (Å²) in [5.41, 5.74) is 0. The third-order valence-electron chi connectivity index (χ3n) is 3.63. The summed E-state index contributed by atoms with van der Waals surface area (Å²) in [5, 5.41) is 9.07. The molecule has 1 aliphatic heterocycles. The van der Waals surface area contributed by atoms with E-state index in [2.05, 4.69) is 6.92 Å². The number of hydrogen-bond donors (Lipinski definition) is 1. The molecule has 1 saturated heterocycles. The number of carboxylic acids is 1. The van der Waals surface area contributed by atoms with Crippen molar-refractivity contribution in [2.45, 2.75) is 33.6 Å². The summed E-state index contributed by atoms with van der Waals surface area (Å²) >= 11 is 0. The number of nitrogens with zero attached hydrogens (tertiary/aromatic N) is 2. The minimum Gasteiger partial charge on any atom is -0.481 e. The Morgan fingerprint density at radius 3 is 2.44 bits per heavy atom. The van der Waals surface area contributed by atoms with E-state index < -0.39 is 11.9 Å². The van der Waals surface area contributed by atoms with E-state index in [1.807, 2.05) is 13.8 Å². The van der Waals surface area contributed by atoms with Gasteiger partial charge in [0.1, 0.15) is 0 Å². The maximum absolute atomic E-state index is 12.3. The SMILES string of the molecule is CCCCN(CC)C(=O)N1CC(C)C(C(=O)O)C1. The van der Waals surface area contributed by atoms with E-state index in [9.17, 15) is 9.59 Å². The van der Waals surface area contributed by atoms with E-state index >= 15 is 0 Å². The van der Waals surface area contributed by atoms with E-state index in [0.717, 1.165) is 19.4 Å². The van der Waals surface area contributed by atoms with Gasteiger partial charge in [-0.1, -0.05) is 20.3 Å². The number of likely N-dealkylation sites (tertiary alicyclic amines) is 1. The Hall–Kier alpha value is -1.26. The summed E-state index contributed by atoms with van der Waals surface area (Å²) in [6.45, 7) is 8.29. The average molecular weight is 256 g/mol. The fraction of sp³-hybridized carbons (Fsp3) is 0.846. The first-order valence-corrected chi connectivity index (χ1v) is 6.77. The molecule has 1 rings (SSSR count). The van der Waals surface area contributed by atoms with Gasteiger partial charge in [-0.25, -0.2) is 4.79 Å². The van der Waals surface area contributed by atoms with Crippen molar-refractivity contribution in [1.82, 2.24) is 9.80 Å². The molecule has 0 aromatic heterocycles. The van der Waals surface area contributed by atoms with Crippen molar-refractivity contribution < 1.29 is 14.7 Å². The predicted octanol–water partition coefficient (Wildman–Crippen LogP) is 1.88. The number of urea groups is 1. The molecule has 18 heavy (non-hydrogen) atoms. The van der Waals surface area contributed by atoms with Crippen LogP contribution in [0.3, 0.4) is 0 Å². The van der Waals surface area contributed by atoms with Crippen LogP contribution in [0, 0.1) is 11.8 Å². The lowest BCUT2D eigenvalue weighted by molar-refractivity contribution is -0.142. The molecule has 0 aliphatic carbocycles. The van der Waals surface area contributed by atoms with Crippen LogP contribution in [0.1, 0.15) is 33.6 Å². The summed E-state index contributed by atoms with van der Waals surface area (Å²) in [6, 6.07) is -0.0125. The lowest BCUT2D eigenvalue weighted by Crippen LogP contribution is -2.42. The summed E-state index contributed by atoms with van der Waals surface area (Å²) in [4.78, 5) is 26.8. The van der Waals surface area contributed by atoms with E-state index in [1.165, 1.54) is 0 Å². The highest BCUT2D eigenvalue weighted by atomic mass is 16.4. The molecule has 104 valence electrons. The van der Waals surface area contributed by atoms with E-state index in [4.69, 9.17) is 5.11 Å². The molecule has 1 N–H and O–H groups in total. The van der Waals surface area contributed by atoms with Gasteiger partial charge in [-0.3, -0.25) is 4.79 Å². The Balaban J connectivity index is 2.59. The van der Waals surface area contributed by atoms with Gasteiger partial charge in [0.2, 0.25) is 0 Å². The van der Waals surface area contributed by atoms with Crippen LogP contribution in [0.4, 0.5) is 4.79 Å². The second-order valence-electron chi connectivity index (χ2n) is 5.04. The molecule has 0 spiro atoms. The summed E-state index contributed by atoms with van der Waals surface area (Å²) < 4.78 is 0. The lowest BCUT2D eigenvalue weighted by Gasteiger charge is -2.27. The fourth-order valence-corrected chi connectivity index (χ4v) is 2.38. The van der Waals surface area contributed by atoms with E-state index in [1.54, 1.807) is 9.80 Å². The first-order valence-electron chi connectivity index (χ1n) is 6.77. The van der Waals surface area contributed by atoms with Crippen LogP contribution < -0.4 is 0 Å². The van der Waals surface area contributed by atoms with Gasteiger partial charge in [0.05, 0.1) is 5.92 Å². The maximum Gasteiger partial charge on any atom is 0.320 e. The fourth-order valence-electron chi connectivity index (χ4n) is 2.38. The normalized spacial score (nSPS) is 23.2. The Morgan fingerprint density at radius 1 is 1.33 bits per heavy atom. The number of carbonyl (C=O) groups excluding carboxylic acids is 1. The van der Waals surface area contributed by atoms with Gasteiger partial charge in [-0.15, -0.1) is 0 Å². The summed E-state index contributed by atoms with van der Waals surface area (Å²) in [5.74, 6) is -1.18. The number of rotatable bonds is 5. The molecule has 0 radical (unpaired) electrons. The van der Waals surface area contributed by atoms with Gasteiger partial charge in [0.15, 0.2) is 0 Å². The van der Waals surface area contributed by atoms with E-state index in [-0.39, 0.29) is 11.9 Å². The van der Waals surface area contributed by atoms with Crippen molar-refractivity contribution in [3.8, 4) is 0 Å². The van der Waals surface area contributed by atoms with Gasteiger partial charge in [0.25, 0.3) is 0 Å². The van der Waals surface area contributed by atoms with Crippen LogP contribution in [0.2, 0.25) is 0 Å². The zero-order chi connectivity index (χ0) is 13.7. The second kappa shape index (κ2) is 6.61. The van der Waals surface area contributed by atoms with Gasteiger partial charge >= 0.3 is 12.0 Å². The molecule has 1 fully saturated rings. The standard InChI is InChI=1S/C13H24N2O3/c1-4-6-7-14(5-2)13(18)15-8-10(3)11(9-15)12(16)17/h10-11H,4-9H2,1-3H3,(H,16,17). The van der Waals surface area contributed by atoms with Crippen LogP contribution in [0.5, 0.6) is 0 Å². The van der Waals surface area contributed by atoms with Crippen LogP contribution in [-0.4, -0.2) is 53.1 Å². The van der Waals surface area contributed by atoms with Crippen LogP contribution >= 0.6 is 0 Å². The first-order chi connectivity index (χ1) is 8.51. The quantitative estimate of drug-likeness (QED) is 0.817. The molecule has 5 heteroatoms. The largest absolute Gasteiger partial charge is 0.481 e.